The molecule has 0 bridgehead atoms. The standard InChI is InChI=1S/C28H43NO6/c1-4-6-7-8-9-10-11-12-13-21-14-16-22(17-15-21)19-29-23-18-28(26(31)32,27(33)34)24(23)25(30)35-20(3)5-2/h14-17,20,23-24,29H,4-13,18-19H2,1-3H3,(H,31,32)(H,33,34). The minimum absolute atomic E-state index is 0.158. The summed E-state index contributed by atoms with van der Waals surface area (Å²) in [6, 6.07) is 7.69. The number of rotatable bonds is 17. The number of carboxylic acid groups (broad SMARTS) is 2. The second-order valence-electron chi connectivity index (χ2n) is 9.95. The molecule has 1 saturated carbocycles. The lowest BCUT2D eigenvalue weighted by Crippen LogP contribution is -2.67. The number of esters is 1. The highest BCUT2D eigenvalue weighted by Crippen LogP contribution is 2.48. The molecule has 1 aromatic rings. The second kappa shape index (κ2) is 14.2. The van der Waals surface area contributed by atoms with Crippen LogP contribution in [0, 0.1) is 11.3 Å². The van der Waals surface area contributed by atoms with Crippen LogP contribution in [0.1, 0.15) is 96.1 Å². The van der Waals surface area contributed by atoms with Crippen molar-refractivity contribution in [1.29, 1.82) is 0 Å². The van der Waals surface area contributed by atoms with E-state index in [0.717, 1.165) is 12.0 Å². The third kappa shape index (κ3) is 7.79. The van der Waals surface area contributed by atoms with E-state index >= 15 is 0 Å². The van der Waals surface area contributed by atoms with Crippen molar-refractivity contribution in [3.05, 3.63) is 35.4 Å². The van der Waals surface area contributed by atoms with E-state index in [1.807, 2.05) is 19.1 Å². The highest BCUT2D eigenvalue weighted by molar-refractivity contribution is 6.04. The SMILES string of the molecule is CCCCCCCCCCc1ccc(CNC2CC(C(=O)O)(C(=O)O)C2C(=O)OC(C)CC)cc1. The Morgan fingerprint density at radius 1 is 0.943 bits per heavy atom. The van der Waals surface area contributed by atoms with E-state index in [4.69, 9.17) is 4.74 Å². The van der Waals surface area contributed by atoms with Crippen LogP contribution >= 0.6 is 0 Å². The molecule has 0 radical (unpaired) electrons. The molecule has 1 aliphatic carbocycles. The lowest BCUT2D eigenvalue weighted by molar-refractivity contribution is -0.195. The van der Waals surface area contributed by atoms with Gasteiger partial charge in [-0.3, -0.25) is 14.4 Å². The molecular weight excluding hydrogens is 446 g/mol. The van der Waals surface area contributed by atoms with Gasteiger partial charge in [0, 0.05) is 12.6 Å². The topological polar surface area (TPSA) is 113 Å². The van der Waals surface area contributed by atoms with Gasteiger partial charge in [-0.1, -0.05) is 83.1 Å². The van der Waals surface area contributed by atoms with Gasteiger partial charge in [0.15, 0.2) is 5.41 Å². The van der Waals surface area contributed by atoms with Crippen LogP contribution in [0.3, 0.4) is 0 Å². The predicted octanol–water partition coefficient (Wildman–Crippen LogP) is 5.35. The fourth-order valence-corrected chi connectivity index (χ4v) is 4.75. The molecule has 7 heteroatoms. The first kappa shape index (κ1) is 28.8. The molecule has 0 spiro atoms. The number of aliphatic carboxylic acids is 2. The van der Waals surface area contributed by atoms with Gasteiger partial charge < -0.3 is 20.3 Å². The number of ether oxygens (including phenoxy) is 1. The smallest absolute Gasteiger partial charge is 0.322 e. The molecule has 3 unspecified atom stereocenters. The van der Waals surface area contributed by atoms with E-state index in [0.29, 0.717) is 13.0 Å². The van der Waals surface area contributed by atoms with Gasteiger partial charge in [-0.05, 0) is 43.7 Å². The average molecular weight is 490 g/mol. The molecular formula is C28H43NO6. The Morgan fingerprint density at radius 3 is 2.03 bits per heavy atom. The van der Waals surface area contributed by atoms with Crippen molar-refractivity contribution >= 4 is 17.9 Å². The lowest BCUT2D eigenvalue weighted by Gasteiger charge is -2.48. The van der Waals surface area contributed by atoms with Crippen LogP contribution in [0.25, 0.3) is 0 Å². The first-order valence-electron chi connectivity index (χ1n) is 13.2. The number of benzene rings is 1. The minimum atomic E-state index is -2.15. The van der Waals surface area contributed by atoms with Crippen molar-refractivity contribution in [3.63, 3.8) is 0 Å². The molecule has 35 heavy (non-hydrogen) atoms. The molecule has 0 aromatic heterocycles. The summed E-state index contributed by atoms with van der Waals surface area (Å²) in [7, 11) is 0. The Balaban J connectivity index is 1.86. The second-order valence-corrected chi connectivity index (χ2v) is 9.95. The zero-order valence-electron chi connectivity index (χ0n) is 21.6. The molecule has 2 rings (SSSR count). The number of carbonyl (C=O) groups excluding carboxylic acids is 1. The number of aryl methyl sites for hydroxylation is 1. The molecule has 3 atom stereocenters. The molecule has 0 aliphatic heterocycles. The summed E-state index contributed by atoms with van der Waals surface area (Å²) in [5, 5.41) is 22.5. The first-order valence-corrected chi connectivity index (χ1v) is 13.2. The van der Waals surface area contributed by atoms with Gasteiger partial charge in [0.1, 0.15) is 0 Å². The summed E-state index contributed by atoms with van der Waals surface area (Å²) in [4.78, 5) is 36.4. The minimum Gasteiger partial charge on any atom is -0.480 e. The van der Waals surface area contributed by atoms with Crippen molar-refractivity contribution in [2.24, 2.45) is 11.3 Å². The van der Waals surface area contributed by atoms with Crippen LogP contribution < -0.4 is 5.32 Å². The maximum atomic E-state index is 12.7. The van der Waals surface area contributed by atoms with Crippen molar-refractivity contribution in [2.75, 3.05) is 0 Å². The van der Waals surface area contributed by atoms with E-state index in [-0.39, 0.29) is 6.42 Å². The number of carboxylic acids is 2. The van der Waals surface area contributed by atoms with Gasteiger partial charge in [0.25, 0.3) is 0 Å². The van der Waals surface area contributed by atoms with Crippen LogP contribution in [0.15, 0.2) is 24.3 Å². The Hall–Kier alpha value is -2.41. The number of unbranched alkanes of at least 4 members (excludes halogenated alkanes) is 7. The Labute approximate surface area is 209 Å². The van der Waals surface area contributed by atoms with Gasteiger partial charge in [0.2, 0.25) is 0 Å². The van der Waals surface area contributed by atoms with Crippen LogP contribution in [-0.4, -0.2) is 40.3 Å². The summed E-state index contributed by atoms with van der Waals surface area (Å²) in [6.45, 7) is 6.20. The van der Waals surface area contributed by atoms with Crippen molar-refractivity contribution in [3.8, 4) is 0 Å². The highest BCUT2D eigenvalue weighted by atomic mass is 16.5. The Kier molecular flexibility index (Phi) is 11.7. The quantitative estimate of drug-likeness (QED) is 0.154. The maximum absolute atomic E-state index is 12.7. The van der Waals surface area contributed by atoms with E-state index in [9.17, 15) is 24.6 Å². The van der Waals surface area contributed by atoms with Crippen molar-refractivity contribution in [1.82, 2.24) is 5.32 Å². The van der Waals surface area contributed by atoms with Gasteiger partial charge in [-0.2, -0.15) is 0 Å². The molecule has 7 nitrogen and oxygen atoms in total. The Morgan fingerprint density at radius 2 is 1.49 bits per heavy atom. The van der Waals surface area contributed by atoms with E-state index in [2.05, 4.69) is 24.4 Å². The van der Waals surface area contributed by atoms with Crippen molar-refractivity contribution < 1.29 is 29.3 Å². The molecule has 3 N–H and O–H groups in total. The molecule has 0 heterocycles. The predicted molar refractivity (Wildman–Crippen MR) is 135 cm³/mol. The zero-order valence-corrected chi connectivity index (χ0v) is 21.6. The van der Waals surface area contributed by atoms with Crippen LogP contribution in [0.4, 0.5) is 0 Å². The fourth-order valence-electron chi connectivity index (χ4n) is 4.75. The maximum Gasteiger partial charge on any atom is 0.322 e. The lowest BCUT2D eigenvalue weighted by atomic mass is 9.56. The van der Waals surface area contributed by atoms with E-state index in [1.165, 1.54) is 56.9 Å². The first-order chi connectivity index (χ1) is 16.8. The molecule has 196 valence electrons. The van der Waals surface area contributed by atoms with Crippen LogP contribution in [0.5, 0.6) is 0 Å². The third-order valence-corrected chi connectivity index (χ3v) is 7.29. The van der Waals surface area contributed by atoms with Gasteiger partial charge in [0.05, 0.1) is 12.0 Å². The zero-order chi connectivity index (χ0) is 25.8. The average Bonchev–Trinajstić information content (AvgIpc) is 2.80. The largest absolute Gasteiger partial charge is 0.480 e. The highest BCUT2D eigenvalue weighted by Gasteiger charge is 2.68. The number of hydrogen-bond donors (Lipinski definition) is 3. The summed E-state index contributed by atoms with van der Waals surface area (Å²) >= 11 is 0. The molecule has 1 aromatic carbocycles. The molecule has 0 saturated heterocycles. The summed E-state index contributed by atoms with van der Waals surface area (Å²) < 4.78 is 5.33. The molecule has 1 fully saturated rings. The van der Waals surface area contributed by atoms with Crippen molar-refractivity contribution in [2.45, 2.75) is 110 Å². The summed E-state index contributed by atoms with van der Waals surface area (Å²) in [5.74, 6) is -5.04. The summed E-state index contributed by atoms with van der Waals surface area (Å²) in [5.41, 5.74) is 0.137. The van der Waals surface area contributed by atoms with E-state index in [1.54, 1.807) is 6.92 Å². The van der Waals surface area contributed by atoms with Gasteiger partial charge in [-0.15, -0.1) is 0 Å². The number of hydrogen-bond acceptors (Lipinski definition) is 5. The normalized spacial score (nSPS) is 19.5. The fraction of sp³-hybridized carbons (Fsp3) is 0.679. The number of nitrogens with one attached hydrogen (secondary N) is 1. The number of carbonyl (C=O) groups is 3. The van der Waals surface area contributed by atoms with Crippen LogP contribution in [-0.2, 0) is 32.1 Å². The van der Waals surface area contributed by atoms with E-state index < -0.39 is 41.4 Å². The molecule has 0 amide bonds. The monoisotopic (exact) mass is 489 g/mol. The van der Waals surface area contributed by atoms with Gasteiger partial charge in [-0.25, -0.2) is 0 Å². The molecule has 1 aliphatic rings. The Bertz CT molecular complexity index is 807. The third-order valence-electron chi connectivity index (χ3n) is 7.29. The summed E-state index contributed by atoms with van der Waals surface area (Å²) in [6.07, 6.45) is 11.4. The van der Waals surface area contributed by atoms with Crippen LogP contribution in [0.2, 0.25) is 0 Å². The van der Waals surface area contributed by atoms with Gasteiger partial charge >= 0.3 is 17.9 Å².